The number of nitrogens with zero attached hydrogens (tertiary/aromatic N) is 4. The molecule has 0 radical (unpaired) electrons. The van der Waals surface area contributed by atoms with Crippen LogP contribution in [0.15, 0.2) is 182 Å². The van der Waals surface area contributed by atoms with E-state index in [9.17, 15) is 0 Å². The fraction of sp³-hybridized carbons (Fsp3) is 0. The van der Waals surface area contributed by atoms with Crippen molar-refractivity contribution >= 4 is 120 Å². The number of benzene rings is 9. The molecule has 4 heteroatoms. The van der Waals surface area contributed by atoms with Gasteiger partial charge in [-0.1, -0.05) is 127 Å². The number of fused-ring (bicyclic) bond motifs is 19. The van der Waals surface area contributed by atoms with Crippen LogP contribution in [0.3, 0.4) is 0 Å². The van der Waals surface area contributed by atoms with E-state index in [2.05, 4.69) is 195 Å². The molecule has 4 nitrogen and oxygen atoms in total. The van der Waals surface area contributed by atoms with Gasteiger partial charge >= 0.3 is 0 Å². The summed E-state index contributed by atoms with van der Waals surface area (Å²) in [5.74, 6) is 0. The van der Waals surface area contributed by atoms with E-state index < -0.39 is 0 Å². The number of rotatable bonds is 2. The summed E-state index contributed by atoms with van der Waals surface area (Å²) in [5.41, 5.74) is 14.1. The molecule has 0 aliphatic carbocycles. The van der Waals surface area contributed by atoms with Crippen LogP contribution < -0.4 is 0 Å². The van der Waals surface area contributed by atoms with Gasteiger partial charge in [-0.2, -0.15) is 0 Å². The molecule has 6 aromatic heterocycles. The van der Waals surface area contributed by atoms with Crippen LogP contribution in [0.2, 0.25) is 0 Å². The fourth-order valence-electron chi connectivity index (χ4n) is 11.1. The van der Waals surface area contributed by atoms with E-state index in [1.165, 1.54) is 114 Å². The van der Waals surface area contributed by atoms with E-state index in [0.717, 1.165) is 22.4 Å². The molecule has 0 aliphatic rings. The minimum absolute atomic E-state index is 0.999. The summed E-state index contributed by atoms with van der Waals surface area (Å²) in [4.78, 5) is 5.85. The van der Waals surface area contributed by atoms with Crippen molar-refractivity contribution < 1.29 is 0 Å². The van der Waals surface area contributed by atoms with Crippen molar-refractivity contribution in [3.05, 3.63) is 182 Å². The van der Waals surface area contributed by atoms with Crippen LogP contribution in [-0.2, 0) is 0 Å². The van der Waals surface area contributed by atoms with E-state index >= 15 is 0 Å². The highest BCUT2D eigenvalue weighted by Gasteiger charge is 2.27. The average Bonchev–Trinajstić information content (AvgIpc) is 4.08. The van der Waals surface area contributed by atoms with E-state index in [-0.39, 0.29) is 0 Å². The maximum Gasteiger partial charge on any atom is 0.146 e. The highest BCUT2D eigenvalue weighted by molar-refractivity contribution is 6.34. The molecule has 0 saturated carbocycles. The van der Waals surface area contributed by atoms with Crippen LogP contribution in [0, 0.1) is 0 Å². The maximum absolute atomic E-state index is 5.85. The van der Waals surface area contributed by atoms with E-state index in [0.29, 0.717) is 0 Å². The molecule has 0 N–H and O–H groups in total. The molecule has 15 aromatic rings. The van der Waals surface area contributed by atoms with Gasteiger partial charge in [0.25, 0.3) is 0 Å². The molecular formula is C55H30N4. The zero-order valence-electron chi connectivity index (χ0n) is 31.6. The van der Waals surface area contributed by atoms with Gasteiger partial charge in [0, 0.05) is 59.7 Å². The van der Waals surface area contributed by atoms with Gasteiger partial charge in [-0.15, -0.1) is 0 Å². The normalized spacial score (nSPS) is 12.7. The van der Waals surface area contributed by atoms with Gasteiger partial charge < -0.3 is 8.97 Å². The maximum atomic E-state index is 5.85. The molecule has 0 atom stereocenters. The highest BCUT2D eigenvalue weighted by atomic mass is 15.0. The quantitative estimate of drug-likeness (QED) is 0.173. The van der Waals surface area contributed by atoms with Gasteiger partial charge in [-0.3, -0.25) is 4.40 Å². The smallest absolute Gasteiger partial charge is 0.146 e. The number of pyridine rings is 1. The molecule has 59 heavy (non-hydrogen) atoms. The van der Waals surface area contributed by atoms with Gasteiger partial charge in [0.05, 0.1) is 44.1 Å². The lowest BCUT2D eigenvalue weighted by Crippen LogP contribution is -1.93. The van der Waals surface area contributed by atoms with Crippen LogP contribution >= 0.6 is 0 Å². The minimum atomic E-state index is 0.999. The lowest BCUT2D eigenvalue weighted by Gasteiger charge is -2.11. The van der Waals surface area contributed by atoms with Crippen LogP contribution in [0.5, 0.6) is 0 Å². The zero-order valence-corrected chi connectivity index (χ0v) is 31.6. The molecule has 0 fully saturated rings. The van der Waals surface area contributed by atoms with Crippen molar-refractivity contribution in [1.29, 1.82) is 0 Å². The topological polar surface area (TPSA) is 26.6 Å². The van der Waals surface area contributed by atoms with Gasteiger partial charge in [0.15, 0.2) is 0 Å². The Hall–Kier alpha value is -7.95. The Morgan fingerprint density at radius 3 is 1.81 bits per heavy atom. The molecule has 15 rings (SSSR count). The highest BCUT2D eigenvalue weighted by Crippen LogP contribution is 2.48. The standard InChI is InChI=1S/C55H30N4/c1-2-15-34(16-3-1)57-45-23-10-8-19-37(45)42-28-33(25-26-47(42)57)41-27-31-13-4-6-17-35(31)49-40-22-12-21-39-44-30-48-51(56-55(44)59(52(39)40)53(41)49)50-36-18-7-5-14-32(36)29-43-38-20-9-11-24-46(38)58(48)54(43)50/h1-30H. The van der Waals surface area contributed by atoms with Crippen molar-refractivity contribution in [3.63, 3.8) is 0 Å². The van der Waals surface area contributed by atoms with Crippen LogP contribution in [0.4, 0.5) is 0 Å². The Bertz CT molecular complexity index is 4300. The van der Waals surface area contributed by atoms with E-state index in [1.54, 1.807) is 0 Å². The van der Waals surface area contributed by atoms with Crippen molar-refractivity contribution in [2.45, 2.75) is 0 Å². The molecule has 0 saturated heterocycles. The van der Waals surface area contributed by atoms with Crippen molar-refractivity contribution in [3.8, 4) is 16.8 Å². The van der Waals surface area contributed by atoms with Gasteiger partial charge in [-0.25, -0.2) is 4.98 Å². The van der Waals surface area contributed by atoms with Crippen molar-refractivity contribution in [1.82, 2.24) is 18.4 Å². The Kier molecular flexibility index (Phi) is 5.38. The Labute approximate surface area is 335 Å². The third kappa shape index (κ3) is 3.60. The van der Waals surface area contributed by atoms with E-state index in [4.69, 9.17) is 4.98 Å². The molecule has 0 amide bonds. The first kappa shape index (κ1) is 30.2. The monoisotopic (exact) mass is 746 g/mol. The predicted molar refractivity (Wildman–Crippen MR) is 248 cm³/mol. The minimum Gasteiger partial charge on any atom is -0.309 e. The second-order valence-electron chi connectivity index (χ2n) is 16.3. The first-order valence-electron chi connectivity index (χ1n) is 20.4. The van der Waals surface area contributed by atoms with E-state index in [1.807, 2.05) is 0 Å². The molecule has 0 unspecified atom stereocenters. The average molecular weight is 747 g/mol. The number of aromatic nitrogens is 4. The van der Waals surface area contributed by atoms with Gasteiger partial charge in [0.2, 0.25) is 0 Å². The molecule has 0 spiro atoms. The summed E-state index contributed by atoms with van der Waals surface area (Å²) < 4.78 is 7.37. The van der Waals surface area contributed by atoms with Crippen molar-refractivity contribution in [2.75, 3.05) is 0 Å². The molecule has 6 heterocycles. The summed E-state index contributed by atoms with van der Waals surface area (Å²) >= 11 is 0. The van der Waals surface area contributed by atoms with Crippen LogP contribution in [-0.4, -0.2) is 18.4 Å². The number of hydrogen-bond donors (Lipinski definition) is 0. The summed E-state index contributed by atoms with van der Waals surface area (Å²) in [6.45, 7) is 0. The summed E-state index contributed by atoms with van der Waals surface area (Å²) in [5, 5.41) is 16.2. The third-order valence-corrected chi connectivity index (χ3v) is 13.4. The molecule has 270 valence electrons. The Morgan fingerprint density at radius 1 is 0.339 bits per heavy atom. The Balaban J connectivity index is 1.13. The largest absolute Gasteiger partial charge is 0.309 e. The van der Waals surface area contributed by atoms with Gasteiger partial charge in [-0.05, 0) is 81.7 Å². The SMILES string of the molecule is c1ccc(-n2c3ccccc3c3cc(-c4cc5ccccc5c5c6cccc7c8cc9c(nc8n(c45)c76)c4c5ccccc5cc5c6ccccc6n9c54)ccc32)cc1. The summed E-state index contributed by atoms with van der Waals surface area (Å²) in [6, 6.07) is 67.2. The molecular weight excluding hydrogens is 717 g/mol. The lowest BCUT2D eigenvalue weighted by molar-refractivity contribution is 1.18. The number of para-hydroxylation sites is 4. The van der Waals surface area contributed by atoms with Gasteiger partial charge in [0.1, 0.15) is 5.65 Å². The summed E-state index contributed by atoms with van der Waals surface area (Å²) in [6.07, 6.45) is 0. The molecule has 0 aliphatic heterocycles. The number of hydrogen-bond acceptors (Lipinski definition) is 1. The lowest BCUT2D eigenvalue weighted by atomic mass is 9.95. The summed E-state index contributed by atoms with van der Waals surface area (Å²) in [7, 11) is 0. The fourth-order valence-corrected chi connectivity index (χ4v) is 11.1. The van der Waals surface area contributed by atoms with Crippen molar-refractivity contribution in [2.24, 2.45) is 0 Å². The first-order chi connectivity index (χ1) is 29.3. The zero-order chi connectivity index (χ0) is 38.1. The van der Waals surface area contributed by atoms with Crippen LogP contribution in [0.1, 0.15) is 0 Å². The molecule has 0 bridgehead atoms. The second kappa shape index (κ2) is 10.5. The first-order valence-corrected chi connectivity index (χ1v) is 20.4. The predicted octanol–water partition coefficient (Wildman–Crippen LogP) is 14.5. The van der Waals surface area contributed by atoms with Crippen LogP contribution in [0.25, 0.3) is 137 Å². The molecule has 9 aromatic carbocycles. The third-order valence-electron chi connectivity index (χ3n) is 13.4. The second-order valence-corrected chi connectivity index (χ2v) is 16.3. The Morgan fingerprint density at radius 2 is 0.983 bits per heavy atom.